The number of amides is 1. The van der Waals surface area contributed by atoms with Crippen LogP contribution in [0.4, 0.5) is 0 Å². The van der Waals surface area contributed by atoms with Crippen molar-refractivity contribution in [3.05, 3.63) is 12.2 Å². The van der Waals surface area contributed by atoms with Gasteiger partial charge >= 0.3 is 0 Å². The number of phosphoric ester groups is 1. The van der Waals surface area contributed by atoms with E-state index in [1.54, 1.807) is 6.08 Å². The summed E-state index contributed by atoms with van der Waals surface area (Å²) in [6.45, 7) is 4.72. The van der Waals surface area contributed by atoms with E-state index >= 15 is 0 Å². The standard InChI is InChI=1S/C69H139N2O6P/c1-6-8-10-12-14-16-18-20-22-24-26-28-30-32-34-35-36-37-39-41-43-45-47-49-51-53-55-57-59-61-63-69(73)70-67(66-77-78(74,75)76-65-64-71(3,4)5)68(72)62-60-58-56-54-52-50-48-46-44-42-40-38-33-31-29-27-25-23-21-19-17-15-13-11-9-7-2/h60,62,67-68,72H,6-59,61,63-66H2,1-5H3,(H-,70,73,74,75)/b62-60+. The summed E-state index contributed by atoms with van der Waals surface area (Å²) < 4.78 is 23.5. The zero-order valence-electron chi connectivity index (χ0n) is 53.4. The summed E-state index contributed by atoms with van der Waals surface area (Å²) in [5.41, 5.74) is 0. The molecular weight excluding hydrogens is 984 g/mol. The molecule has 0 aromatic heterocycles. The molecule has 0 aromatic carbocycles. The van der Waals surface area contributed by atoms with Crippen LogP contribution in [-0.4, -0.2) is 68.5 Å². The van der Waals surface area contributed by atoms with Crippen LogP contribution >= 0.6 is 7.82 Å². The van der Waals surface area contributed by atoms with E-state index in [1.807, 2.05) is 27.2 Å². The first kappa shape index (κ1) is 77.2. The van der Waals surface area contributed by atoms with Gasteiger partial charge in [0.25, 0.3) is 7.82 Å². The third-order valence-corrected chi connectivity index (χ3v) is 17.5. The summed E-state index contributed by atoms with van der Waals surface area (Å²) in [5.74, 6) is -0.187. The molecule has 1 amide bonds. The summed E-state index contributed by atoms with van der Waals surface area (Å²) in [6, 6.07) is -0.884. The average molecular weight is 1120 g/mol. The molecule has 0 aliphatic heterocycles. The lowest BCUT2D eigenvalue weighted by molar-refractivity contribution is -0.870. The van der Waals surface area contributed by atoms with Crippen molar-refractivity contribution < 1.29 is 32.9 Å². The van der Waals surface area contributed by atoms with Gasteiger partial charge in [-0.3, -0.25) is 9.36 Å². The molecule has 0 saturated carbocycles. The highest BCUT2D eigenvalue weighted by Gasteiger charge is 2.23. The molecule has 0 spiro atoms. The monoisotopic (exact) mass is 1120 g/mol. The largest absolute Gasteiger partial charge is 0.756 e. The molecule has 2 N–H and O–H groups in total. The van der Waals surface area contributed by atoms with Crippen LogP contribution in [-0.2, 0) is 18.4 Å². The first-order valence-corrected chi connectivity index (χ1v) is 36.5. The number of hydrogen-bond donors (Lipinski definition) is 2. The number of hydrogen-bond acceptors (Lipinski definition) is 6. The fraction of sp³-hybridized carbons (Fsp3) is 0.957. The summed E-state index contributed by atoms with van der Waals surface area (Å²) in [4.78, 5) is 25.6. The molecule has 0 rings (SSSR count). The first-order valence-electron chi connectivity index (χ1n) is 35.1. The Morgan fingerprint density at radius 3 is 0.962 bits per heavy atom. The normalized spacial score (nSPS) is 13.7. The van der Waals surface area contributed by atoms with Crippen molar-refractivity contribution in [2.24, 2.45) is 0 Å². The minimum absolute atomic E-state index is 0.00301. The molecule has 0 aliphatic rings. The van der Waals surface area contributed by atoms with E-state index in [0.29, 0.717) is 17.4 Å². The van der Waals surface area contributed by atoms with Crippen LogP contribution < -0.4 is 10.2 Å². The van der Waals surface area contributed by atoms with Crippen LogP contribution in [0.5, 0.6) is 0 Å². The van der Waals surface area contributed by atoms with Gasteiger partial charge in [0.1, 0.15) is 13.2 Å². The second-order valence-electron chi connectivity index (χ2n) is 25.6. The first-order chi connectivity index (χ1) is 38.0. The maximum Gasteiger partial charge on any atom is 0.268 e. The lowest BCUT2D eigenvalue weighted by Crippen LogP contribution is -2.45. The van der Waals surface area contributed by atoms with Crippen molar-refractivity contribution in [1.82, 2.24) is 5.32 Å². The number of carbonyl (C=O) groups is 1. The lowest BCUT2D eigenvalue weighted by atomic mass is 10.0. The van der Waals surface area contributed by atoms with Crippen LogP contribution in [0.25, 0.3) is 0 Å². The van der Waals surface area contributed by atoms with Gasteiger partial charge in [-0.2, -0.15) is 0 Å². The van der Waals surface area contributed by atoms with E-state index < -0.39 is 20.0 Å². The molecule has 8 nitrogen and oxygen atoms in total. The van der Waals surface area contributed by atoms with E-state index in [4.69, 9.17) is 9.05 Å². The number of aliphatic hydroxyl groups excluding tert-OH is 1. The highest BCUT2D eigenvalue weighted by molar-refractivity contribution is 7.45. The van der Waals surface area contributed by atoms with E-state index in [0.717, 1.165) is 38.5 Å². The zero-order chi connectivity index (χ0) is 57.0. The maximum absolute atomic E-state index is 13.0. The second kappa shape index (κ2) is 60.8. The fourth-order valence-corrected chi connectivity index (χ4v) is 11.8. The molecular formula is C69H139N2O6P. The Bertz CT molecular complexity index is 1280. The number of nitrogens with one attached hydrogen (secondary N) is 1. The number of unbranched alkanes of at least 4 members (excludes halogenated alkanes) is 53. The van der Waals surface area contributed by atoms with Crippen LogP contribution in [0, 0.1) is 0 Å². The Hall–Kier alpha value is -0.760. The molecule has 3 atom stereocenters. The van der Waals surface area contributed by atoms with E-state index in [1.165, 1.54) is 315 Å². The summed E-state index contributed by atoms with van der Waals surface area (Å²) in [6.07, 6.45) is 77.6. The Labute approximate surface area is 488 Å². The van der Waals surface area contributed by atoms with E-state index in [2.05, 4.69) is 19.2 Å². The maximum atomic E-state index is 13.0. The van der Waals surface area contributed by atoms with Gasteiger partial charge in [0.15, 0.2) is 0 Å². The van der Waals surface area contributed by atoms with Crippen LogP contribution in [0.2, 0.25) is 0 Å². The molecule has 9 heteroatoms. The Morgan fingerprint density at radius 2 is 0.692 bits per heavy atom. The van der Waals surface area contributed by atoms with Gasteiger partial charge in [-0.05, 0) is 19.3 Å². The number of nitrogens with zero attached hydrogens (tertiary/aromatic N) is 1. The average Bonchev–Trinajstić information content (AvgIpc) is 3.41. The molecule has 78 heavy (non-hydrogen) atoms. The molecule has 0 fully saturated rings. The third kappa shape index (κ3) is 62.8. The van der Waals surface area contributed by atoms with Gasteiger partial charge in [0, 0.05) is 6.42 Å². The summed E-state index contributed by atoms with van der Waals surface area (Å²) in [7, 11) is 1.28. The molecule has 0 aromatic rings. The smallest absolute Gasteiger partial charge is 0.268 e. The van der Waals surface area contributed by atoms with Gasteiger partial charge in [0.2, 0.25) is 5.91 Å². The third-order valence-electron chi connectivity index (χ3n) is 16.5. The lowest BCUT2D eigenvalue weighted by Gasteiger charge is -2.29. The number of carbonyl (C=O) groups excluding carboxylic acids is 1. The number of rotatable bonds is 66. The fourth-order valence-electron chi connectivity index (χ4n) is 11.0. The number of aliphatic hydroxyl groups is 1. The van der Waals surface area contributed by atoms with Crippen LogP contribution in [0.3, 0.4) is 0 Å². The van der Waals surface area contributed by atoms with Crippen LogP contribution in [0.15, 0.2) is 12.2 Å². The number of likely N-dealkylation sites (N-methyl/N-ethyl adjacent to an activating group) is 1. The van der Waals surface area contributed by atoms with Crippen molar-refractivity contribution >= 4 is 13.7 Å². The van der Waals surface area contributed by atoms with Crippen molar-refractivity contribution in [2.75, 3.05) is 40.9 Å². The summed E-state index contributed by atoms with van der Waals surface area (Å²) >= 11 is 0. The van der Waals surface area contributed by atoms with Crippen molar-refractivity contribution in [3.8, 4) is 0 Å². The SMILES string of the molecule is CCCCCCCCCCCCCCCCCCCCCCCCCC/C=C/C(O)C(COP(=O)([O-])OCC[N+](C)(C)C)NC(=O)CCCCCCCCCCCCCCCCCCCCCCCCCCCCCCCC. The Kier molecular flexibility index (Phi) is 60.2. The van der Waals surface area contributed by atoms with E-state index in [9.17, 15) is 19.4 Å². The molecule has 3 unspecified atom stereocenters. The number of phosphoric acid groups is 1. The number of allylic oxidation sites excluding steroid dienone is 1. The molecule has 0 saturated heterocycles. The van der Waals surface area contributed by atoms with E-state index in [-0.39, 0.29) is 19.1 Å². The van der Waals surface area contributed by atoms with Crippen molar-refractivity contribution in [1.29, 1.82) is 0 Å². The van der Waals surface area contributed by atoms with Gasteiger partial charge in [-0.15, -0.1) is 0 Å². The van der Waals surface area contributed by atoms with Crippen LogP contribution in [0.1, 0.15) is 373 Å². The topological polar surface area (TPSA) is 108 Å². The Morgan fingerprint density at radius 1 is 0.436 bits per heavy atom. The number of quaternary nitrogens is 1. The minimum atomic E-state index is -4.60. The summed E-state index contributed by atoms with van der Waals surface area (Å²) in [5, 5.41) is 14.0. The Balaban J connectivity index is 4.02. The van der Waals surface area contributed by atoms with Gasteiger partial charge in [-0.1, -0.05) is 360 Å². The second-order valence-corrected chi connectivity index (χ2v) is 27.0. The van der Waals surface area contributed by atoms with Gasteiger partial charge < -0.3 is 28.8 Å². The predicted molar refractivity (Wildman–Crippen MR) is 339 cm³/mol. The minimum Gasteiger partial charge on any atom is -0.756 e. The molecule has 0 heterocycles. The highest BCUT2D eigenvalue weighted by Crippen LogP contribution is 2.38. The zero-order valence-corrected chi connectivity index (χ0v) is 54.3. The highest BCUT2D eigenvalue weighted by atomic mass is 31.2. The molecule has 0 radical (unpaired) electrons. The van der Waals surface area contributed by atoms with Gasteiger partial charge in [-0.25, -0.2) is 0 Å². The quantitative estimate of drug-likeness (QED) is 0.0272. The van der Waals surface area contributed by atoms with Crippen molar-refractivity contribution in [2.45, 2.75) is 386 Å². The predicted octanol–water partition coefficient (Wildman–Crippen LogP) is 21.5. The van der Waals surface area contributed by atoms with Gasteiger partial charge in [0.05, 0.1) is 39.9 Å². The molecule has 0 bridgehead atoms. The van der Waals surface area contributed by atoms with Crippen molar-refractivity contribution in [3.63, 3.8) is 0 Å². The molecule has 0 aliphatic carbocycles. The molecule has 466 valence electrons.